The molecule has 2 rings (SSSR count). The Balaban J connectivity index is 2.42. The van der Waals surface area contributed by atoms with Crippen LogP contribution >= 0.6 is 15.9 Å². The van der Waals surface area contributed by atoms with Crippen molar-refractivity contribution in [2.45, 2.75) is 6.42 Å². The first-order chi connectivity index (χ1) is 6.83. The highest BCUT2D eigenvalue weighted by molar-refractivity contribution is 9.10. The van der Waals surface area contributed by atoms with Gasteiger partial charge in [0.25, 0.3) is 0 Å². The molecule has 1 heterocycles. The van der Waals surface area contributed by atoms with Crippen molar-refractivity contribution >= 4 is 15.9 Å². The molecule has 1 aliphatic heterocycles. The largest absolute Gasteiger partial charge is 0.486 e. The van der Waals surface area contributed by atoms with Crippen LogP contribution in [-0.4, -0.2) is 24.9 Å². The maximum atomic E-state index is 8.88. The van der Waals surface area contributed by atoms with E-state index >= 15 is 0 Å². The molecule has 0 spiro atoms. The number of hydrogen-bond donors (Lipinski definition) is 1. The van der Waals surface area contributed by atoms with Crippen molar-refractivity contribution in [3.05, 3.63) is 22.2 Å². The number of hydrogen-bond acceptors (Lipinski definition) is 3. The molecule has 0 saturated carbocycles. The molecule has 0 aliphatic carbocycles. The van der Waals surface area contributed by atoms with Crippen LogP contribution < -0.4 is 9.47 Å². The Bertz CT molecular complexity index is 338. The lowest BCUT2D eigenvalue weighted by atomic mass is 10.1. The monoisotopic (exact) mass is 258 g/mol. The molecule has 0 fully saturated rings. The summed E-state index contributed by atoms with van der Waals surface area (Å²) in [5.41, 5.74) is 0.991. The SMILES string of the molecule is OCCc1ccc(Br)c2c1OCCO2. The van der Waals surface area contributed by atoms with E-state index in [0.717, 1.165) is 21.5 Å². The van der Waals surface area contributed by atoms with Crippen molar-refractivity contribution in [3.63, 3.8) is 0 Å². The smallest absolute Gasteiger partial charge is 0.175 e. The van der Waals surface area contributed by atoms with Gasteiger partial charge in [0.05, 0.1) is 4.47 Å². The third-order valence-corrected chi connectivity index (χ3v) is 2.73. The summed E-state index contributed by atoms with van der Waals surface area (Å²) in [5.74, 6) is 1.52. The normalized spacial score (nSPS) is 14.1. The number of halogens is 1. The van der Waals surface area contributed by atoms with Crippen molar-refractivity contribution in [1.29, 1.82) is 0 Å². The van der Waals surface area contributed by atoms with E-state index in [-0.39, 0.29) is 6.61 Å². The van der Waals surface area contributed by atoms with Crippen LogP contribution in [0.2, 0.25) is 0 Å². The second-order valence-electron chi connectivity index (χ2n) is 3.04. The van der Waals surface area contributed by atoms with E-state index in [2.05, 4.69) is 15.9 Å². The molecule has 14 heavy (non-hydrogen) atoms. The maximum absolute atomic E-state index is 8.88. The zero-order chi connectivity index (χ0) is 9.97. The fraction of sp³-hybridized carbons (Fsp3) is 0.400. The van der Waals surface area contributed by atoms with Crippen LogP contribution in [0.4, 0.5) is 0 Å². The minimum atomic E-state index is 0.122. The average molecular weight is 259 g/mol. The van der Waals surface area contributed by atoms with Gasteiger partial charge in [0.15, 0.2) is 11.5 Å². The van der Waals surface area contributed by atoms with E-state index in [4.69, 9.17) is 14.6 Å². The molecule has 1 aromatic carbocycles. The Kier molecular flexibility index (Phi) is 2.93. The standard InChI is InChI=1S/C10H11BrO3/c11-8-2-1-7(3-4-12)9-10(8)14-6-5-13-9/h1-2,12H,3-6H2. The van der Waals surface area contributed by atoms with E-state index in [1.165, 1.54) is 0 Å². The van der Waals surface area contributed by atoms with Gasteiger partial charge in [-0.15, -0.1) is 0 Å². The molecule has 0 aromatic heterocycles. The fourth-order valence-electron chi connectivity index (χ4n) is 1.48. The Labute approximate surface area is 90.8 Å². The van der Waals surface area contributed by atoms with Crippen LogP contribution in [0.3, 0.4) is 0 Å². The van der Waals surface area contributed by atoms with Gasteiger partial charge in [-0.1, -0.05) is 6.07 Å². The summed E-state index contributed by atoms with van der Waals surface area (Å²) >= 11 is 3.40. The third-order valence-electron chi connectivity index (χ3n) is 2.10. The molecule has 0 unspecified atom stereocenters. The van der Waals surface area contributed by atoms with E-state index in [0.29, 0.717) is 19.6 Å². The van der Waals surface area contributed by atoms with Gasteiger partial charge in [0.2, 0.25) is 0 Å². The van der Waals surface area contributed by atoms with Gasteiger partial charge in [0, 0.05) is 12.2 Å². The van der Waals surface area contributed by atoms with E-state index in [1.54, 1.807) is 0 Å². The molecule has 1 aromatic rings. The summed E-state index contributed by atoms with van der Waals surface area (Å²) < 4.78 is 11.9. The van der Waals surface area contributed by atoms with Crippen LogP contribution in [0.1, 0.15) is 5.56 Å². The van der Waals surface area contributed by atoms with Gasteiger partial charge in [-0.05, 0) is 28.4 Å². The second-order valence-corrected chi connectivity index (χ2v) is 3.89. The van der Waals surface area contributed by atoms with E-state index < -0.39 is 0 Å². The molecule has 0 saturated heterocycles. The minimum absolute atomic E-state index is 0.122. The predicted molar refractivity (Wildman–Crippen MR) is 55.9 cm³/mol. The molecule has 0 radical (unpaired) electrons. The quantitative estimate of drug-likeness (QED) is 0.879. The van der Waals surface area contributed by atoms with Crippen LogP contribution in [0.25, 0.3) is 0 Å². The molecule has 3 nitrogen and oxygen atoms in total. The maximum Gasteiger partial charge on any atom is 0.175 e. The summed E-state index contributed by atoms with van der Waals surface area (Å²) in [6, 6.07) is 3.85. The molecule has 76 valence electrons. The number of benzene rings is 1. The van der Waals surface area contributed by atoms with Crippen LogP contribution in [-0.2, 0) is 6.42 Å². The minimum Gasteiger partial charge on any atom is -0.486 e. The van der Waals surface area contributed by atoms with Gasteiger partial charge in [-0.25, -0.2) is 0 Å². The highest BCUT2D eigenvalue weighted by Gasteiger charge is 2.18. The number of fused-ring (bicyclic) bond motifs is 1. The third kappa shape index (κ3) is 1.72. The predicted octanol–water partition coefficient (Wildman–Crippen LogP) is 1.76. The highest BCUT2D eigenvalue weighted by atomic mass is 79.9. The molecule has 0 atom stereocenters. The van der Waals surface area contributed by atoms with Crippen molar-refractivity contribution in [1.82, 2.24) is 0 Å². The van der Waals surface area contributed by atoms with Gasteiger partial charge < -0.3 is 14.6 Å². The molecule has 0 amide bonds. The summed E-state index contributed by atoms with van der Waals surface area (Å²) in [6.45, 7) is 1.27. The van der Waals surface area contributed by atoms with Crippen molar-refractivity contribution < 1.29 is 14.6 Å². The molecule has 4 heteroatoms. The Morgan fingerprint density at radius 1 is 1.21 bits per heavy atom. The van der Waals surface area contributed by atoms with Crippen LogP contribution in [0, 0.1) is 0 Å². The molecular weight excluding hydrogens is 248 g/mol. The first-order valence-corrected chi connectivity index (χ1v) is 5.30. The van der Waals surface area contributed by atoms with Crippen LogP contribution in [0.15, 0.2) is 16.6 Å². The average Bonchev–Trinajstić information content (AvgIpc) is 2.23. The molecular formula is C10H11BrO3. The van der Waals surface area contributed by atoms with E-state index in [9.17, 15) is 0 Å². The summed E-state index contributed by atoms with van der Waals surface area (Å²) in [5, 5.41) is 8.88. The Morgan fingerprint density at radius 2 is 1.93 bits per heavy atom. The van der Waals surface area contributed by atoms with Gasteiger partial charge in [0.1, 0.15) is 13.2 Å². The molecule has 0 bridgehead atoms. The first-order valence-electron chi connectivity index (χ1n) is 4.51. The Hall–Kier alpha value is -0.740. The van der Waals surface area contributed by atoms with Crippen molar-refractivity contribution in [3.8, 4) is 11.5 Å². The summed E-state index contributed by atoms with van der Waals surface area (Å²) in [7, 11) is 0. The topological polar surface area (TPSA) is 38.7 Å². The summed E-state index contributed by atoms with van der Waals surface area (Å²) in [6.07, 6.45) is 0.596. The second kappa shape index (κ2) is 4.19. The highest BCUT2D eigenvalue weighted by Crippen LogP contribution is 2.40. The van der Waals surface area contributed by atoms with Gasteiger partial charge in [-0.2, -0.15) is 0 Å². The van der Waals surface area contributed by atoms with Crippen LogP contribution in [0.5, 0.6) is 11.5 Å². The van der Waals surface area contributed by atoms with Crippen molar-refractivity contribution in [2.24, 2.45) is 0 Å². The fourth-order valence-corrected chi connectivity index (χ4v) is 1.90. The van der Waals surface area contributed by atoms with Gasteiger partial charge >= 0.3 is 0 Å². The zero-order valence-corrected chi connectivity index (χ0v) is 9.21. The number of ether oxygens (including phenoxy) is 2. The Morgan fingerprint density at radius 3 is 2.64 bits per heavy atom. The van der Waals surface area contributed by atoms with E-state index in [1.807, 2.05) is 12.1 Å². The lowest BCUT2D eigenvalue weighted by Crippen LogP contribution is -2.17. The first kappa shape index (κ1) is 9.80. The summed E-state index contributed by atoms with van der Waals surface area (Å²) in [4.78, 5) is 0. The van der Waals surface area contributed by atoms with Gasteiger partial charge in [-0.3, -0.25) is 0 Å². The zero-order valence-electron chi connectivity index (χ0n) is 7.62. The molecule has 1 N–H and O–H groups in total. The number of aliphatic hydroxyl groups is 1. The lowest BCUT2D eigenvalue weighted by molar-refractivity contribution is 0.168. The molecule has 1 aliphatic rings. The number of rotatable bonds is 2. The number of aliphatic hydroxyl groups excluding tert-OH is 1. The van der Waals surface area contributed by atoms with Crippen molar-refractivity contribution in [2.75, 3.05) is 19.8 Å². The lowest BCUT2D eigenvalue weighted by Gasteiger charge is -2.21.